The number of alkyl halides is 3. The van der Waals surface area contributed by atoms with Crippen LogP contribution in [0.3, 0.4) is 0 Å². The quantitative estimate of drug-likeness (QED) is 0.668. The van der Waals surface area contributed by atoms with Gasteiger partial charge in [0.2, 0.25) is 5.88 Å². The van der Waals surface area contributed by atoms with E-state index in [1.165, 1.54) is 28.1 Å². The molecule has 0 aliphatic carbocycles. The summed E-state index contributed by atoms with van der Waals surface area (Å²) in [4.78, 5) is 42.7. The highest BCUT2D eigenvalue weighted by molar-refractivity contribution is 6.03. The van der Waals surface area contributed by atoms with Gasteiger partial charge in [-0.2, -0.15) is 13.2 Å². The van der Waals surface area contributed by atoms with Crippen molar-refractivity contribution >= 4 is 23.5 Å². The highest BCUT2D eigenvalue weighted by Crippen LogP contribution is 2.30. The summed E-state index contributed by atoms with van der Waals surface area (Å²) in [7, 11) is 0. The third-order valence-corrected chi connectivity index (χ3v) is 5.14. The summed E-state index contributed by atoms with van der Waals surface area (Å²) in [5.41, 5.74) is 1.53. The molecule has 1 saturated heterocycles. The summed E-state index contributed by atoms with van der Waals surface area (Å²) in [6.45, 7) is -1.35. The zero-order valence-electron chi connectivity index (χ0n) is 17.0. The van der Waals surface area contributed by atoms with Crippen molar-refractivity contribution < 1.29 is 42.1 Å². The van der Waals surface area contributed by atoms with Crippen molar-refractivity contribution in [3.05, 3.63) is 47.7 Å². The van der Waals surface area contributed by atoms with Crippen molar-refractivity contribution in [3.63, 3.8) is 0 Å². The van der Waals surface area contributed by atoms with Gasteiger partial charge in [-0.25, -0.2) is 4.98 Å². The maximum absolute atomic E-state index is 12.8. The second-order valence-electron chi connectivity index (χ2n) is 7.52. The fourth-order valence-electron chi connectivity index (χ4n) is 3.67. The Kier molecular flexibility index (Phi) is 5.83. The van der Waals surface area contributed by atoms with Crippen molar-refractivity contribution in [1.82, 2.24) is 9.88 Å². The standard InChI is InChI=1S/C21H18F3N3O6/c22-21(23,24)11-32-17-4-3-14(8-25-17)33-16-5-6-27(20(16)31)13-2-1-12-9-26(10-18(28)29)19(30)15(12)7-13/h1-4,7-8,16H,5-6,9-11H2,(H,28,29)/t16-/m1/s1. The van der Waals surface area contributed by atoms with Crippen molar-refractivity contribution in [3.8, 4) is 11.6 Å². The van der Waals surface area contributed by atoms with Gasteiger partial charge in [0, 0.05) is 36.8 Å². The van der Waals surface area contributed by atoms with E-state index in [9.17, 15) is 27.6 Å². The van der Waals surface area contributed by atoms with Gasteiger partial charge in [-0.05, 0) is 23.8 Å². The number of ether oxygens (including phenoxy) is 2. The Morgan fingerprint density at radius 3 is 2.67 bits per heavy atom. The van der Waals surface area contributed by atoms with E-state index in [2.05, 4.69) is 9.72 Å². The highest BCUT2D eigenvalue weighted by Gasteiger charge is 2.36. The van der Waals surface area contributed by atoms with Crippen LogP contribution >= 0.6 is 0 Å². The molecule has 0 saturated carbocycles. The molecule has 174 valence electrons. The van der Waals surface area contributed by atoms with Gasteiger partial charge in [0.05, 0.1) is 6.20 Å². The number of hydrogen-bond acceptors (Lipinski definition) is 6. The largest absolute Gasteiger partial charge is 0.480 e. The summed E-state index contributed by atoms with van der Waals surface area (Å²) in [6, 6.07) is 7.52. The van der Waals surface area contributed by atoms with Crippen LogP contribution in [0.15, 0.2) is 36.5 Å². The number of fused-ring (bicyclic) bond motifs is 1. The molecule has 9 nitrogen and oxygen atoms in total. The third kappa shape index (κ3) is 4.99. The average Bonchev–Trinajstić information content (AvgIpc) is 3.26. The van der Waals surface area contributed by atoms with Gasteiger partial charge in [0.1, 0.15) is 12.3 Å². The van der Waals surface area contributed by atoms with E-state index in [-0.39, 0.29) is 24.1 Å². The molecule has 12 heteroatoms. The molecule has 1 aromatic carbocycles. The molecular formula is C21H18F3N3O6. The lowest BCUT2D eigenvalue weighted by molar-refractivity contribution is -0.154. The normalized spacial score (nSPS) is 18.0. The van der Waals surface area contributed by atoms with Gasteiger partial charge in [-0.3, -0.25) is 14.4 Å². The molecule has 33 heavy (non-hydrogen) atoms. The number of anilines is 1. The molecule has 3 heterocycles. The molecule has 4 rings (SSSR count). The van der Waals surface area contributed by atoms with Crippen molar-refractivity contribution in [1.29, 1.82) is 0 Å². The number of nitrogens with zero attached hydrogens (tertiary/aromatic N) is 3. The van der Waals surface area contributed by atoms with Crippen molar-refractivity contribution in [2.75, 3.05) is 24.6 Å². The molecule has 1 fully saturated rings. The molecule has 2 amide bonds. The van der Waals surface area contributed by atoms with Crippen LogP contribution in [0.5, 0.6) is 11.6 Å². The van der Waals surface area contributed by atoms with Gasteiger partial charge in [-0.1, -0.05) is 6.07 Å². The van der Waals surface area contributed by atoms with Crippen LogP contribution in [0.1, 0.15) is 22.3 Å². The Hall–Kier alpha value is -3.83. The zero-order valence-corrected chi connectivity index (χ0v) is 17.0. The number of carboxylic acids is 1. The van der Waals surface area contributed by atoms with E-state index in [0.29, 0.717) is 29.8 Å². The second-order valence-corrected chi connectivity index (χ2v) is 7.52. The number of hydrogen-bond donors (Lipinski definition) is 1. The van der Waals surface area contributed by atoms with E-state index in [1.807, 2.05) is 0 Å². The number of carbonyl (C=O) groups is 3. The first-order valence-electron chi connectivity index (χ1n) is 9.88. The summed E-state index contributed by atoms with van der Waals surface area (Å²) in [5, 5.41) is 8.94. The Labute approximate surface area is 185 Å². The highest BCUT2D eigenvalue weighted by atomic mass is 19.4. The number of aliphatic carboxylic acids is 1. The average molecular weight is 465 g/mol. The fraction of sp³-hybridized carbons (Fsp3) is 0.333. The lowest BCUT2D eigenvalue weighted by atomic mass is 10.1. The van der Waals surface area contributed by atoms with Crippen LogP contribution in [0.2, 0.25) is 0 Å². The summed E-state index contributed by atoms with van der Waals surface area (Å²) >= 11 is 0. The zero-order chi connectivity index (χ0) is 23.8. The summed E-state index contributed by atoms with van der Waals surface area (Å²) in [6.07, 6.45) is -3.79. The molecule has 0 radical (unpaired) electrons. The van der Waals surface area contributed by atoms with Gasteiger partial charge in [-0.15, -0.1) is 0 Å². The first-order chi connectivity index (χ1) is 15.6. The van der Waals surface area contributed by atoms with E-state index in [4.69, 9.17) is 9.84 Å². The Morgan fingerprint density at radius 1 is 1.21 bits per heavy atom. The fourth-order valence-corrected chi connectivity index (χ4v) is 3.67. The van der Waals surface area contributed by atoms with Crippen molar-refractivity contribution in [2.24, 2.45) is 0 Å². The Balaban J connectivity index is 1.40. The number of benzene rings is 1. The smallest absolute Gasteiger partial charge is 0.422 e. The number of carbonyl (C=O) groups excluding carboxylic acids is 2. The van der Waals surface area contributed by atoms with Crippen molar-refractivity contribution in [2.45, 2.75) is 25.2 Å². The van der Waals surface area contributed by atoms with Gasteiger partial charge < -0.3 is 24.4 Å². The predicted molar refractivity (Wildman–Crippen MR) is 106 cm³/mol. The van der Waals surface area contributed by atoms with Gasteiger partial charge in [0.15, 0.2) is 12.7 Å². The van der Waals surface area contributed by atoms with E-state index < -0.39 is 37.3 Å². The number of halogens is 3. The molecule has 1 aromatic heterocycles. The number of carboxylic acid groups (broad SMARTS) is 1. The van der Waals surface area contributed by atoms with Crippen LogP contribution in [0.25, 0.3) is 0 Å². The minimum Gasteiger partial charge on any atom is -0.480 e. The number of rotatable bonds is 7. The molecule has 0 bridgehead atoms. The maximum Gasteiger partial charge on any atom is 0.422 e. The maximum atomic E-state index is 12.8. The summed E-state index contributed by atoms with van der Waals surface area (Å²) in [5.74, 6) is -1.89. The molecule has 2 aliphatic heterocycles. The van der Waals surface area contributed by atoms with Gasteiger partial charge >= 0.3 is 12.1 Å². The molecule has 2 aromatic rings. The minimum atomic E-state index is -4.48. The third-order valence-electron chi connectivity index (χ3n) is 5.14. The SMILES string of the molecule is O=C(O)CN1Cc2ccc(N3CC[C@@H](Oc4ccc(OCC(F)(F)F)nc4)C3=O)cc2C1=O. The number of amides is 2. The van der Waals surface area contributed by atoms with Crippen LogP contribution in [-0.4, -0.2) is 64.8 Å². The minimum absolute atomic E-state index is 0.191. The van der Waals surface area contributed by atoms with E-state index in [0.717, 1.165) is 0 Å². The molecule has 1 atom stereocenters. The van der Waals surface area contributed by atoms with Crippen LogP contribution in [0.4, 0.5) is 18.9 Å². The molecule has 1 N–H and O–H groups in total. The second kappa shape index (κ2) is 8.60. The molecule has 0 spiro atoms. The predicted octanol–water partition coefficient (Wildman–Crippen LogP) is 2.25. The van der Waals surface area contributed by atoms with Gasteiger partial charge in [0.25, 0.3) is 11.8 Å². The Morgan fingerprint density at radius 2 is 2.00 bits per heavy atom. The lowest BCUT2D eigenvalue weighted by Crippen LogP contribution is -2.32. The molecular weight excluding hydrogens is 447 g/mol. The topological polar surface area (TPSA) is 109 Å². The molecule has 2 aliphatic rings. The van der Waals surface area contributed by atoms with E-state index >= 15 is 0 Å². The summed E-state index contributed by atoms with van der Waals surface area (Å²) < 4.78 is 46.8. The van der Waals surface area contributed by atoms with Crippen LogP contribution < -0.4 is 14.4 Å². The number of pyridine rings is 1. The number of aromatic nitrogens is 1. The lowest BCUT2D eigenvalue weighted by Gasteiger charge is -2.18. The molecule has 0 unspecified atom stereocenters. The van der Waals surface area contributed by atoms with Crippen LogP contribution in [-0.2, 0) is 16.1 Å². The Bertz CT molecular complexity index is 1090. The monoisotopic (exact) mass is 465 g/mol. The van der Waals surface area contributed by atoms with E-state index in [1.54, 1.807) is 18.2 Å². The first-order valence-corrected chi connectivity index (χ1v) is 9.88. The van der Waals surface area contributed by atoms with Crippen LogP contribution in [0, 0.1) is 0 Å². The first kappa shape index (κ1) is 22.4.